The molecular formula is C14H27NO2. The third-order valence-electron chi connectivity index (χ3n) is 4.71. The van der Waals surface area contributed by atoms with Gasteiger partial charge in [-0.2, -0.15) is 0 Å². The lowest BCUT2D eigenvalue weighted by molar-refractivity contribution is 0.0242. The second-order valence-corrected chi connectivity index (χ2v) is 6.35. The summed E-state index contributed by atoms with van der Waals surface area (Å²) < 4.78 is 0. The van der Waals surface area contributed by atoms with Crippen LogP contribution < -0.4 is 0 Å². The summed E-state index contributed by atoms with van der Waals surface area (Å²) in [5, 5.41) is 18.8. The molecule has 0 amide bonds. The average Bonchev–Trinajstić information content (AvgIpc) is 2.98. The van der Waals surface area contributed by atoms with Crippen molar-refractivity contribution < 1.29 is 10.2 Å². The third kappa shape index (κ3) is 3.01. The van der Waals surface area contributed by atoms with Crippen LogP contribution in [0.5, 0.6) is 0 Å². The van der Waals surface area contributed by atoms with Crippen LogP contribution in [0, 0.1) is 11.3 Å². The first-order valence-corrected chi connectivity index (χ1v) is 7.14. The lowest BCUT2D eigenvalue weighted by atomic mass is 9.90. The summed E-state index contributed by atoms with van der Waals surface area (Å²) in [7, 11) is 0. The summed E-state index contributed by atoms with van der Waals surface area (Å²) >= 11 is 0. The van der Waals surface area contributed by atoms with Gasteiger partial charge in [-0.3, -0.25) is 4.90 Å². The maximum atomic E-state index is 9.41. The van der Waals surface area contributed by atoms with Crippen LogP contribution in [0.3, 0.4) is 0 Å². The Balaban J connectivity index is 1.94. The molecule has 1 aliphatic heterocycles. The van der Waals surface area contributed by atoms with Crippen LogP contribution in [-0.2, 0) is 0 Å². The monoisotopic (exact) mass is 241 g/mol. The topological polar surface area (TPSA) is 43.7 Å². The summed E-state index contributed by atoms with van der Waals surface area (Å²) in [5.74, 6) is 0.874. The Morgan fingerprint density at radius 2 is 1.71 bits per heavy atom. The van der Waals surface area contributed by atoms with E-state index < -0.39 is 0 Å². The first-order chi connectivity index (χ1) is 8.18. The van der Waals surface area contributed by atoms with E-state index in [0.717, 1.165) is 25.0 Å². The van der Waals surface area contributed by atoms with Crippen molar-refractivity contribution >= 4 is 0 Å². The minimum Gasteiger partial charge on any atom is -0.396 e. The molecule has 0 aromatic rings. The summed E-state index contributed by atoms with van der Waals surface area (Å²) in [6.07, 6.45) is 8.16. The van der Waals surface area contributed by atoms with Crippen molar-refractivity contribution in [1.82, 2.24) is 4.90 Å². The number of hydrogen-bond donors (Lipinski definition) is 2. The van der Waals surface area contributed by atoms with Crippen LogP contribution in [-0.4, -0.2) is 47.5 Å². The Morgan fingerprint density at radius 1 is 1.06 bits per heavy atom. The van der Waals surface area contributed by atoms with Crippen LogP contribution in [0.2, 0.25) is 0 Å². The predicted molar refractivity (Wildman–Crippen MR) is 68.8 cm³/mol. The molecule has 0 aromatic carbocycles. The van der Waals surface area contributed by atoms with Gasteiger partial charge in [-0.05, 0) is 38.1 Å². The molecule has 1 unspecified atom stereocenters. The van der Waals surface area contributed by atoms with Gasteiger partial charge in [0.25, 0.3) is 0 Å². The van der Waals surface area contributed by atoms with Crippen LogP contribution in [0.15, 0.2) is 0 Å². The van der Waals surface area contributed by atoms with Gasteiger partial charge in [0.2, 0.25) is 0 Å². The van der Waals surface area contributed by atoms with Crippen LogP contribution in [0.4, 0.5) is 0 Å². The molecule has 0 radical (unpaired) electrons. The minimum absolute atomic E-state index is 0.0807. The minimum atomic E-state index is -0.332. The van der Waals surface area contributed by atoms with Gasteiger partial charge in [0, 0.05) is 18.0 Å². The van der Waals surface area contributed by atoms with Crippen LogP contribution in [0.1, 0.15) is 45.4 Å². The van der Waals surface area contributed by atoms with Gasteiger partial charge in [-0.15, -0.1) is 0 Å². The van der Waals surface area contributed by atoms with Gasteiger partial charge < -0.3 is 10.2 Å². The van der Waals surface area contributed by atoms with Crippen molar-refractivity contribution in [1.29, 1.82) is 0 Å². The quantitative estimate of drug-likeness (QED) is 0.769. The zero-order valence-corrected chi connectivity index (χ0v) is 11.1. The van der Waals surface area contributed by atoms with Crippen molar-refractivity contribution in [3.05, 3.63) is 0 Å². The number of aliphatic hydroxyl groups excluding tert-OH is 2. The molecule has 1 heterocycles. The van der Waals surface area contributed by atoms with Crippen molar-refractivity contribution in [2.75, 3.05) is 26.3 Å². The largest absolute Gasteiger partial charge is 0.396 e. The second kappa shape index (κ2) is 5.68. The highest BCUT2D eigenvalue weighted by Gasteiger charge is 2.36. The lowest BCUT2D eigenvalue weighted by Gasteiger charge is -2.36. The molecule has 2 rings (SSSR count). The fourth-order valence-electron chi connectivity index (χ4n) is 3.56. The van der Waals surface area contributed by atoms with Crippen molar-refractivity contribution in [2.24, 2.45) is 11.3 Å². The first-order valence-electron chi connectivity index (χ1n) is 7.14. The summed E-state index contributed by atoms with van der Waals surface area (Å²) in [6, 6.07) is 0.718. The maximum Gasteiger partial charge on any atom is 0.0519 e. The molecule has 3 nitrogen and oxygen atoms in total. The smallest absolute Gasteiger partial charge is 0.0519 e. The third-order valence-corrected chi connectivity index (χ3v) is 4.71. The van der Waals surface area contributed by atoms with Crippen LogP contribution >= 0.6 is 0 Å². The Hall–Kier alpha value is -0.120. The van der Waals surface area contributed by atoms with Crippen molar-refractivity contribution in [3.8, 4) is 0 Å². The molecule has 1 atom stereocenters. The maximum absolute atomic E-state index is 9.41. The standard InChI is InChI=1S/C14H27NO2/c1-14(10-16,11-17)9-15-8-4-7-13(15)12-5-2-3-6-12/h12-13,16-17H,2-11H2,1H3. The van der Waals surface area contributed by atoms with E-state index >= 15 is 0 Å². The predicted octanol–water partition coefficient (Wildman–Crippen LogP) is 1.63. The Morgan fingerprint density at radius 3 is 2.29 bits per heavy atom. The van der Waals surface area contributed by atoms with Gasteiger partial charge in [-0.1, -0.05) is 19.8 Å². The van der Waals surface area contributed by atoms with E-state index in [0.29, 0.717) is 0 Å². The lowest BCUT2D eigenvalue weighted by Crippen LogP contribution is -2.44. The molecule has 2 aliphatic rings. The van der Waals surface area contributed by atoms with Gasteiger partial charge in [-0.25, -0.2) is 0 Å². The zero-order chi connectivity index (χ0) is 12.3. The Bertz CT molecular complexity index is 234. The van der Waals surface area contributed by atoms with E-state index in [1.807, 2.05) is 6.92 Å². The molecule has 1 aliphatic carbocycles. The number of nitrogens with zero attached hydrogens (tertiary/aromatic N) is 1. The molecule has 1 saturated carbocycles. The molecule has 0 bridgehead atoms. The van der Waals surface area contributed by atoms with Crippen LogP contribution in [0.25, 0.3) is 0 Å². The second-order valence-electron chi connectivity index (χ2n) is 6.35. The van der Waals surface area contributed by atoms with E-state index in [9.17, 15) is 10.2 Å². The van der Waals surface area contributed by atoms with Gasteiger partial charge in [0.1, 0.15) is 0 Å². The molecule has 100 valence electrons. The molecule has 1 saturated heterocycles. The van der Waals surface area contributed by atoms with Gasteiger partial charge >= 0.3 is 0 Å². The molecule has 2 fully saturated rings. The van der Waals surface area contributed by atoms with Gasteiger partial charge in [0.15, 0.2) is 0 Å². The summed E-state index contributed by atoms with van der Waals surface area (Å²) in [4.78, 5) is 2.53. The van der Waals surface area contributed by atoms with Crippen molar-refractivity contribution in [3.63, 3.8) is 0 Å². The fourth-order valence-corrected chi connectivity index (χ4v) is 3.56. The van der Waals surface area contributed by atoms with E-state index in [4.69, 9.17) is 0 Å². The molecule has 3 heteroatoms. The highest BCUT2D eigenvalue weighted by molar-refractivity contribution is 4.90. The normalized spacial score (nSPS) is 28.1. The molecule has 0 spiro atoms. The molecule has 2 N–H and O–H groups in total. The zero-order valence-electron chi connectivity index (χ0n) is 11.1. The molecular weight excluding hydrogens is 214 g/mol. The van der Waals surface area contributed by atoms with E-state index in [2.05, 4.69) is 4.90 Å². The van der Waals surface area contributed by atoms with Gasteiger partial charge in [0.05, 0.1) is 13.2 Å². The number of hydrogen-bond acceptors (Lipinski definition) is 3. The van der Waals surface area contributed by atoms with E-state index in [-0.39, 0.29) is 18.6 Å². The number of likely N-dealkylation sites (tertiary alicyclic amines) is 1. The fraction of sp³-hybridized carbons (Fsp3) is 1.00. The first kappa shape index (κ1) is 13.3. The Labute approximate surface area is 105 Å². The Kier molecular flexibility index (Phi) is 4.45. The SMILES string of the molecule is CC(CO)(CO)CN1CCCC1C1CCCC1. The highest BCUT2D eigenvalue weighted by atomic mass is 16.3. The van der Waals surface area contributed by atoms with E-state index in [1.54, 1.807) is 0 Å². The summed E-state index contributed by atoms with van der Waals surface area (Å²) in [5.41, 5.74) is -0.332. The highest BCUT2D eigenvalue weighted by Crippen LogP contribution is 2.36. The van der Waals surface area contributed by atoms with E-state index in [1.165, 1.54) is 38.5 Å². The summed E-state index contributed by atoms with van der Waals surface area (Å²) in [6.45, 7) is 4.14. The number of rotatable bonds is 5. The molecule has 17 heavy (non-hydrogen) atoms. The average molecular weight is 241 g/mol. The molecule has 0 aromatic heterocycles. The number of aliphatic hydroxyl groups is 2. The van der Waals surface area contributed by atoms with Crippen molar-refractivity contribution in [2.45, 2.75) is 51.5 Å².